The number of esters is 1. The molecule has 0 fully saturated rings. The summed E-state index contributed by atoms with van der Waals surface area (Å²) in [4.78, 5) is 40.7. The highest BCUT2D eigenvalue weighted by atomic mass is 32.2. The predicted octanol–water partition coefficient (Wildman–Crippen LogP) is 6.63. The topological polar surface area (TPSA) is 84.5 Å². The molecule has 1 atom stereocenters. The maximum absolute atomic E-state index is 13.1. The van der Waals surface area contributed by atoms with Crippen LogP contribution in [0.5, 0.6) is 0 Å². The SMILES string of the molecule is COC(=O)c1c(NC(=O)C(C)Sc2cccc(NC(=O)c3cccs3)c2)sc2c1CCCCCC2. The van der Waals surface area contributed by atoms with Crippen LogP contribution in [0.25, 0.3) is 0 Å². The number of anilines is 2. The average molecular weight is 529 g/mol. The molecular weight excluding hydrogens is 500 g/mol. The molecule has 0 saturated heterocycles. The van der Waals surface area contributed by atoms with Crippen molar-refractivity contribution in [1.82, 2.24) is 0 Å². The second-order valence-electron chi connectivity index (χ2n) is 8.32. The Morgan fingerprint density at radius 3 is 2.57 bits per heavy atom. The number of rotatable bonds is 7. The van der Waals surface area contributed by atoms with E-state index in [4.69, 9.17) is 4.74 Å². The lowest BCUT2D eigenvalue weighted by atomic mass is 9.96. The lowest BCUT2D eigenvalue weighted by molar-refractivity contribution is -0.115. The van der Waals surface area contributed by atoms with E-state index >= 15 is 0 Å². The molecule has 35 heavy (non-hydrogen) atoms. The number of amides is 2. The van der Waals surface area contributed by atoms with E-state index in [-0.39, 0.29) is 11.8 Å². The Labute approximate surface area is 217 Å². The minimum absolute atomic E-state index is 0.156. The highest BCUT2D eigenvalue weighted by Crippen LogP contribution is 2.38. The van der Waals surface area contributed by atoms with Crippen molar-refractivity contribution in [2.24, 2.45) is 0 Å². The molecule has 6 nitrogen and oxygen atoms in total. The molecule has 2 amide bonds. The number of methoxy groups -OCH3 is 1. The molecule has 0 radical (unpaired) electrons. The average Bonchev–Trinajstić information content (AvgIpc) is 3.47. The molecule has 184 valence electrons. The first-order valence-electron chi connectivity index (χ1n) is 11.6. The van der Waals surface area contributed by atoms with Crippen LogP contribution in [0.1, 0.15) is 63.1 Å². The third-order valence-electron chi connectivity index (χ3n) is 5.82. The van der Waals surface area contributed by atoms with Gasteiger partial charge < -0.3 is 15.4 Å². The third kappa shape index (κ3) is 6.34. The molecule has 1 aromatic carbocycles. The molecule has 0 aliphatic heterocycles. The summed E-state index contributed by atoms with van der Waals surface area (Å²) in [6.45, 7) is 1.83. The van der Waals surface area contributed by atoms with Crippen LogP contribution in [0, 0.1) is 0 Å². The number of hydrogen-bond acceptors (Lipinski definition) is 7. The normalized spacial score (nSPS) is 14.2. The number of aryl methyl sites for hydroxylation is 1. The van der Waals surface area contributed by atoms with Crippen molar-refractivity contribution in [3.8, 4) is 0 Å². The van der Waals surface area contributed by atoms with Gasteiger partial charge in [-0.3, -0.25) is 9.59 Å². The van der Waals surface area contributed by atoms with Crippen molar-refractivity contribution in [3.05, 3.63) is 62.7 Å². The largest absolute Gasteiger partial charge is 0.465 e. The number of hydrogen-bond donors (Lipinski definition) is 2. The van der Waals surface area contributed by atoms with E-state index in [0.29, 0.717) is 21.1 Å². The van der Waals surface area contributed by atoms with E-state index < -0.39 is 11.2 Å². The van der Waals surface area contributed by atoms with Gasteiger partial charge in [-0.05, 0) is 67.8 Å². The maximum Gasteiger partial charge on any atom is 0.341 e. The van der Waals surface area contributed by atoms with Gasteiger partial charge in [0.1, 0.15) is 5.00 Å². The van der Waals surface area contributed by atoms with Gasteiger partial charge in [-0.15, -0.1) is 34.4 Å². The second-order valence-corrected chi connectivity index (χ2v) is 11.8. The number of benzene rings is 1. The quantitative estimate of drug-likeness (QED) is 0.266. The van der Waals surface area contributed by atoms with Crippen LogP contribution in [-0.2, 0) is 22.4 Å². The summed E-state index contributed by atoms with van der Waals surface area (Å²) in [5, 5.41) is 7.93. The molecule has 4 rings (SSSR count). The zero-order valence-electron chi connectivity index (χ0n) is 19.7. The van der Waals surface area contributed by atoms with Gasteiger partial charge in [-0.1, -0.05) is 25.0 Å². The monoisotopic (exact) mass is 528 g/mol. The molecule has 1 aliphatic carbocycles. The molecule has 3 aromatic rings. The van der Waals surface area contributed by atoms with Gasteiger partial charge in [0.05, 0.1) is 22.8 Å². The van der Waals surface area contributed by atoms with Gasteiger partial charge in [-0.25, -0.2) is 4.79 Å². The molecule has 2 heterocycles. The molecule has 9 heteroatoms. The first-order valence-corrected chi connectivity index (χ1v) is 14.2. The van der Waals surface area contributed by atoms with E-state index in [0.717, 1.165) is 42.6 Å². The zero-order chi connectivity index (χ0) is 24.8. The zero-order valence-corrected chi connectivity index (χ0v) is 22.2. The fourth-order valence-electron chi connectivity index (χ4n) is 4.04. The number of ether oxygens (including phenoxy) is 1. The first kappa shape index (κ1) is 25.5. The van der Waals surface area contributed by atoms with Crippen molar-refractivity contribution in [1.29, 1.82) is 0 Å². The Morgan fingerprint density at radius 2 is 1.83 bits per heavy atom. The van der Waals surface area contributed by atoms with E-state index in [2.05, 4.69) is 10.6 Å². The lowest BCUT2D eigenvalue weighted by Crippen LogP contribution is -2.23. The van der Waals surface area contributed by atoms with Gasteiger partial charge in [0.25, 0.3) is 5.91 Å². The second kappa shape index (κ2) is 11.9. The van der Waals surface area contributed by atoms with E-state index in [1.54, 1.807) is 6.07 Å². The Kier molecular flexibility index (Phi) is 8.64. The minimum Gasteiger partial charge on any atom is -0.465 e. The summed E-state index contributed by atoms with van der Waals surface area (Å²) in [6, 6.07) is 11.1. The summed E-state index contributed by atoms with van der Waals surface area (Å²) >= 11 is 4.28. The van der Waals surface area contributed by atoms with Crippen LogP contribution in [0.15, 0.2) is 46.7 Å². The van der Waals surface area contributed by atoms with Crippen LogP contribution < -0.4 is 10.6 Å². The number of nitrogens with one attached hydrogen (secondary N) is 2. The number of thiophene rings is 2. The minimum atomic E-state index is -0.409. The lowest BCUT2D eigenvalue weighted by Gasteiger charge is -2.13. The van der Waals surface area contributed by atoms with Crippen LogP contribution in [0.2, 0.25) is 0 Å². The van der Waals surface area contributed by atoms with Gasteiger partial charge in [0.2, 0.25) is 5.91 Å². The van der Waals surface area contributed by atoms with Crippen molar-refractivity contribution in [3.63, 3.8) is 0 Å². The van der Waals surface area contributed by atoms with Crippen molar-refractivity contribution < 1.29 is 19.1 Å². The maximum atomic E-state index is 13.1. The third-order valence-corrected chi connectivity index (χ3v) is 8.99. The predicted molar refractivity (Wildman–Crippen MR) is 144 cm³/mol. The molecule has 1 unspecified atom stereocenters. The van der Waals surface area contributed by atoms with E-state index in [1.807, 2.05) is 42.6 Å². The van der Waals surface area contributed by atoms with E-state index in [1.165, 1.54) is 52.8 Å². The van der Waals surface area contributed by atoms with Crippen molar-refractivity contribution in [2.45, 2.75) is 55.6 Å². The van der Waals surface area contributed by atoms with Gasteiger partial charge in [0.15, 0.2) is 0 Å². The summed E-state index contributed by atoms with van der Waals surface area (Å²) in [5.41, 5.74) is 2.22. The van der Waals surface area contributed by atoms with Gasteiger partial charge >= 0.3 is 5.97 Å². The summed E-state index contributed by atoms with van der Waals surface area (Å²) < 4.78 is 5.06. The van der Waals surface area contributed by atoms with Crippen molar-refractivity contribution in [2.75, 3.05) is 17.7 Å². The van der Waals surface area contributed by atoms with E-state index in [9.17, 15) is 14.4 Å². The Hall–Kier alpha value is -2.62. The smallest absolute Gasteiger partial charge is 0.341 e. The molecule has 1 aliphatic rings. The van der Waals surface area contributed by atoms with Crippen molar-refractivity contribution >= 4 is 62.9 Å². The Balaban J connectivity index is 1.46. The van der Waals surface area contributed by atoms with Crippen LogP contribution in [0.4, 0.5) is 10.7 Å². The first-order chi connectivity index (χ1) is 17.0. The van der Waals surface area contributed by atoms with Crippen LogP contribution >= 0.6 is 34.4 Å². The summed E-state index contributed by atoms with van der Waals surface area (Å²) in [7, 11) is 1.38. The molecular formula is C26H28N2O4S3. The van der Waals surface area contributed by atoms with Gasteiger partial charge in [-0.2, -0.15) is 0 Å². The number of fused-ring (bicyclic) bond motifs is 1. The fraction of sp³-hybridized carbons (Fsp3) is 0.346. The van der Waals surface area contributed by atoms with Crippen LogP contribution in [-0.4, -0.2) is 30.1 Å². The molecule has 2 aromatic heterocycles. The molecule has 0 bridgehead atoms. The molecule has 0 saturated carbocycles. The number of carbonyl (C=O) groups is 3. The Bertz CT molecular complexity index is 1200. The highest BCUT2D eigenvalue weighted by molar-refractivity contribution is 8.00. The molecule has 2 N–H and O–H groups in total. The van der Waals surface area contributed by atoms with Gasteiger partial charge in [0, 0.05) is 15.5 Å². The summed E-state index contributed by atoms with van der Waals surface area (Å²) in [6.07, 6.45) is 6.22. The standard InChI is InChI=1S/C26H28N2O4S3/c1-16(34-18-10-7-9-17(15-18)27-24(30)21-13-8-14-33-21)23(29)28-25-22(26(31)32-2)19-11-5-3-4-6-12-20(19)35-25/h7-10,13-16H,3-6,11-12H2,1-2H3,(H,27,30)(H,28,29). The number of thioether (sulfide) groups is 1. The highest BCUT2D eigenvalue weighted by Gasteiger charge is 2.27. The summed E-state index contributed by atoms with van der Waals surface area (Å²) in [5.74, 6) is -0.730. The fourth-order valence-corrected chi connectivity index (χ4v) is 6.87. The van der Waals surface area contributed by atoms with Crippen LogP contribution in [0.3, 0.4) is 0 Å². The molecule has 0 spiro atoms. The Morgan fingerprint density at radius 1 is 1.03 bits per heavy atom. The number of carbonyl (C=O) groups excluding carboxylic acids is 3.